The maximum absolute atomic E-state index is 13.3. The Kier molecular flexibility index (Phi) is 8.13. The summed E-state index contributed by atoms with van der Waals surface area (Å²) in [6.45, 7) is 4.17. The molecule has 2 aromatic heterocycles. The average Bonchev–Trinajstić information content (AvgIpc) is 3.34. The van der Waals surface area contributed by atoms with E-state index in [0.29, 0.717) is 17.1 Å². The van der Waals surface area contributed by atoms with Gasteiger partial charge in [0, 0.05) is 22.8 Å². The van der Waals surface area contributed by atoms with Crippen LogP contribution >= 0.6 is 46.1 Å². The van der Waals surface area contributed by atoms with Gasteiger partial charge in [-0.2, -0.15) is 0 Å². The maximum atomic E-state index is 13.3. The number of hydrogen-bond donors (Lipinski definition) is 3. The van der Waals surface area contributed by atoms with Crippen LogP contribution in [0, 0.1) is 5.41 Å². The van der Waals surface area contributed by atoms with Crippen molar-refractivity contribution in [1.29, 1.82) is 5.41 Å². The Hall–Kier alpha value is -3.05. The minimum absolute atomic E-state index is 0.0183. The molecule has 1 saturated heterocycles. The molecule has 1 fully saturated rings. The number of carbonyl (C=O) groups is 2. The van der Waals surface area contributed by atoms with Crippen LogP contribution in [0.2, 0.25) is 15.1 Å². The minimum Gasteiger partial charge on any atom is -0.494 e. The van der Waals surface area contributed by atoms with Gasteiger partial charge in [-0.1, -0.05) is 34.8 Å². The molecule has 1 aliphatic heterocycles. The number of ether oxygens (including phenoxy) is 2. The zero-order valence-corrected chi connectivity index (χ0v) is 23.0. The van der Waals surface area contributed by atoms with Gasteiger partial charge in [0.25, 0.3) is 17.8 Å². The standard InChI is InChI=1S/C24H22Cl3N5O4S/c1-11-12(2)36-24(28)32(11)9-13-10-37-21(19(13)27)23(34)31-20-16(6-15(26)7-17(20)35-3)22(33)30-18-5-4-14(25)8-29-18/h4-8,10-12,28H,9H2,1-3H3,(H,31,34)(H,29,30,33)/t11-,12+/m0/s1. The molecule has 1 aliphatic rings. The van der Waals surface area contributed by atoms with E-state index < -0.39 is 11.8 Å². The molecule has 0 radical (unpaired) electrons. The van der Waals surface area contributed by atoms with Crippen LogP contribution in [0.15, 0.2) is 35.8 Å². The molecule has 0 saturated carbocycles. The first kappa shape index (κ1) is 27.0. The second-order valence-corrected chi connectivity index (χ2v) is 10.3. The van der Waals surface area contributed by atoms with Crippen molar-refractivity contribution in [2.45, 2.75) is 32.5 Å². The second-order valence-electron chi connectivity index (χ2n) is 8.20. The van der Waals surface area contributed by atoms with Gasteiger partial charge in [0.05, 0.1) is 41.0 Å². The summed E-state index contributed by atoms with van der Waals surface area (Å²) >= 11 is 19.8. The molecule has 0 spiro atoms. The van der Waals surface area contributed by atoms with Gasteiger partial charge >= 0.3 is 0 Å². The minimum atomic E-state index is -0.570. The van der Waals surface area contributed by atoms with E-state index in [1.165, 1.54) is 25.4 Å². The van der Waals surface area contributed by atoms with Crippen molar-refractivity contribution >= 4 is 75.5 Å². The highest BCUT2D eigenvalue weighted by Crippen LogP contribution is 2.36. The van der Waals surface area contributed by atoms with Crippen LogP contribution in [-0.2, 0) is 11.3 Å². The fraction of sp³-hybridized carbons (Fsp3) is 0.250. The number of carbonyl (C=O) groups excluding carboxylic acids is 2. The summed E-state index contributed by atoms with van der Waals surface area (Å²) < 4.78 is 10.9. The second kappa shape index (κ2) is 11.1. The number of thiophene rings is 1. The number of amides is 2. The quantitative estimate of drug-likeness (QED) is 0.307. The molecular weight excluding hydrogens is 561 g/mol. The predicted molar refractivity (Wildman–Crippen MR) is 146 cm³/mol. The van der Waals surface area contributed by atoms with Crippen LogP contribution < -0.4 is 15.4 Å². The molecule has 1 aromatic carbocycles. The van der Waals surface area contributed by atoms with E-state index in [1.807, 2.05) is 13.8 Å². The lowest BCUT2D eigenvalue weighted by atomic mass is 10.1. The molecule has 3 aromatic rings. The zero-order chi connectivity index (χ0) is 26.9. The van der Waals surface area contributed by atoms with Crippen molar-refractivity contribution in [1.82, 2.24) is 9.88 Å². The van der Waals surface area contributed by atoms with Crippen LogP contribution in [0.25, 0.3) is 0 Å². The summed E-state index contributed by atoms with van der Waals surface area (Å²) in [4.78, 5) is 32.5. The van der Waals surface area contributed by atoms with Gasteiger partial charge in [0.1, 0.15) is 22.5 Å². The van der Waals surface area contributed by atoms with Gasteiger partial charge in [0.15, 0.2) is 0 Å². The number of methoxy groups -OCH3 is 1. The van der Waals surface area contributed by atoms with Gasteiger partial charge in [-0.05, 0) is 37.4 Å². The Labute approximate surface area is 232 Å². The van der Waals surface area contributed by atoms with E-state index in [1.54, 1.807) is 22.4 Å². The third-order valence-corrected chi connectivity index (χ3v) is 7.83. The summed E-state index contributed by atoms with van der Waals surface area (Å²) in [5, 5.41) is 16.1. The Balaban J connectivity index is 1.59. The molecule has 3 N–H and O–H groups in total. The molecule has 194 valence electrons. The Morgan fingerprint density at radius 1 is 1.16 bits per heavy atom. The normalized spacial score (nSPS) is 16.9. The van der Waals surface area contributed by atoms with Crippen molar-refractivity contribution in [2.75, 3.05) is 17.7 Å². The lowest BCUT2D eigenvalue weighted by Gasteiger charge is -2.20. The number of anilines is 2. The van der Waals surface area contributed by atoms with Crippen LogP contribution in [-0.4, -0.2) is 47.0 Å². The Bertz CT molecular complexity index is 1370. The smallest absolute Gasteiger partial charge is 0.285 e. The van der Waals surface area contributed by atoms with Crippen molar-refractivity contribution < 1.29 is 19.1 Å². The van der Waals surface area contributed by atoms with Gasteiger partial charge < -0.3 is 25.0 Å². The fourth-order valence-corrected chi connectivity index (χ4v) is 5.24. The predicted octanol–water partition coefficient (Wildman–Crippen LogP) is 6.16. The third kappa shape index (κ3) is 5.77. The van der Waals surface area contributed by atoms with Crippen molar-refractivity contribution in [2.24, 2.45) is 0 Å². The first-order valence-electron chi connectivity index (χ1n) is 11.0. The largest absolute Gasteiger partial charge is 0.494 e. The van der Waals surface area contributed by atoms with Crippen molar-refractivity contribution in [3.05, 3.63) is 66.9 Å². The molecular formula is C24H22Cl3N5O4S. The molecule has 37 heavy (non-hydrogen) atoms. The number of aromatic nitrogens is 1. The van der Waals surface area contributed by atoms with E-state index in [2.05, 4.69) is 15.6 Å². The number of benzene rings is 1. The maximum Gasteiger partial charge on any atom is 0.285 e. The van der Waals surface area contributed by atoms with Crippen LogP contribution in [0.3, 0.4) is 0 Å². The lowest BCUT2D eigenvalue weighted by Crippen LogP contribution is -2.32. The molecule has 2 amide bonds. The summed E-state index contributed by atoms with van der Waals surface area (Å²) in [6.07, 6.45) is 1.27. The average molecular weight is 583 g/mol. The summed E-state index contributed by atoms with van der Waals surface area (Å²) in [7, 11) is 1.40. The lowest BCUT2D eigenvalue weighted by molar-refractivity contribution is 0.102. The van der Waals surface area contributed by atoms with Crippen molar-refractivity contribution in [3.63, 3.8) is 0 Å². The third-order valence-electron chi connectivity index (χ3n) is 5.82. The van der Waals surface area contributed by atoms with Crippen LogP contribution in [0.5, 0.6) is 5.75 Å². The van der Waals surface area contributed by atoms with Crippen LogP contribution in [0.4, 0.5) is 11.5 Å². The molecule has 13 heteroatoms. The van der Waals surface area contributed by atoms with Gasteiger partial charge in [-0.15, -0.1) is 11.3 Å². The molecule has 4 rings (SSSR count). The number of rotatable bonds is 7. The summed E-state index contributed by atoms with van der Waals surface area (Å²) in [5.41, 5.74) is 0.861. The zero-order valence-electron chi connectivity index (χ0n) is 19.9. The highest BCUT2D eigenvalue weighted by Gasteiger charge is 2.34. The molecule has 2 atom stereocenters. The number of halogens is 3. The molecule has 0 bridgehead atoms. The SMILES string of the molecule is COc1cc(Cl)cc(C(=O)Nc2ccc(Cl)cn2)c1NC(=O)c1scc(CN2C(=N)O[C@H](C)[C@@H]2C)c1Cl. The summed E-state index contributed by atoms with van der Waals surface area (Å²) in [5.74, 6) is -0.653. The molecule has 9 nitrogen and oxygen atoms in total. The van der Waals surface area contributed by atoms with E-state index in [0.717, 1.165) is 11.3 Å². The topological polar surface area (TPSA) is 117 Å². The van der Waals surface area contributed by atoms with E-state index >= 15 is 0 Å². The fourth-order valence-electron chi connectivity index (χ4n) is 3.67. The Morgan fingerprint density at radius 3 is 2.54 bits per heavy atom. The van der Waals surface area contributed by atoms with Gasteiger partial charge in [-0.3, -0.25) is 15.0 Å². The van der Waals surface area contributed by atoms with E-state index in [-0.39, 0.29) is 55.9 Å². The first-order valence-corrected chi connectivity index (χ1v) is 13.0. The molecule has 0 aliphatic carbocycles. The first-order chi connectivity index (χ1) is 17.6. The van der Waals surface area contributed by atoms with E-state index in [9.17, 15) is 9.59 Å². The number of hydrogen-bond acceptors (Lipinski definition) is 7. The number of nitrogens with zero attached hydrogens (tertiary/aromatic N) is 2. The highest BCUT2D eigenvalue weighted by molar-refractivity contribution is 7.13. The summed E-state index contributed by atoms with van der Waals surface area (Å²) in [6, 6.07) is 6.06. The van der Waals surface area contributed by atoms with Gasteiger partial charge in [-0.25, -0.2) is 4.98 Å². The monoisotopic (exact) mass is 581 g/mol. The van der Waals surface area contributed by atoms with Gasteiger partial charge in [0.2, 0.25) is 0 Å². The highest BCUT2D eigenvalue weighted by atomic mass is 35.5. The van der Waals surface area contributed by atoms with E-state index in [4.69, 9.17) is 49.7 Å². The number of amidine groups is 1. The number of nitrogens with one attached hydrogen (secondary N) is 3. The van der Waals surface area contributed by atoms with Crippen molar-refractivity contribution in [3.8, 4) is 5.75 Å². The molecule has 0 unspecified atom stereocenters. The number of pyridine rings is 1. The van der Waals surface area contributed by atoms with Crippen LogP contribution in [0.1, 0.15) is 39.4 Å². The Morgan fingerprint density at radius 2 is 1.92 bits per heavy atom. The molecule has 3 heterocycles.